The van der Waals surface area contributed by atoms with Crippen molar-refractivity contribution in [3.05, 3.63) is 46.2 Å². The molecule has 0 aliphatic rings. The summed E-state index contributed by atoms with van der Waals surface area (Å²) in [4.78, 5) is 20.5. The Bertz CT molecular complexity index is 658. The summed E-state index contributed by atoms with van der Waals surface area (Å²) in [5.41, 5.74) is 2.11. The summed E-state index contributed by atoms with van der Waals surface area (Å²) in [5.74, 6) is 0.190. The highest BCUT2D eigenvalue weighted by atomic mass is 79.9. The molecule has 0 aliphatic carbocycles. The van der Waals surface area contributed by atoms with E-state index in [1.165, 1.54) is 0 Å². The number of carbonyl (C=O) groups excluding carboxylic acids is 1. The molecule has 0 spiro atoms. The number of aryl methyl sites for hydroxylation is 1. The van der Waals surface area contributed by atoms with Crippen LogP contribution in [0.1, 0.15) is 29.9 Å². The molecule has 0 unspecified atom stereocenters. The van der Waals surface area contributed by atoms with Gasteiger partial charge in [0.05, 0.1) is 0 Å². The second-order valence-electron chi connectivity index (χ2n) is 4.98. The van der Waals surface area contributed by atoms with Gasteiger partial charge in [0, 0.05) is 22.4 Å². The Balaban J connectivity index is 2.14. The van der Waals surface area contributed by atoms with E-state index in [9.17, 15) is 4.79 Å². The van der Waals surface area contributed by atoms with Crippen LogP contribution in [0, 0.1) is 6.92 Å². The maximum Gasteiger partial charge on any atom is 0.274 e. The van der Waals surface area contributed by atoms with Crippen LogP contribution < -0.4 is 10.6 Å². The first-order valence-corrected chi connectivity index (χ1v) is 7.42. The van der Waals surface area contributed by atoms with Crippen LogP contribution in [0.5, 0.6) is 0 Å². The lowest BCUT2D eigenvalue weighted by Crippen LogP contribution is -2.17. The summed E-state index contributed by atoms with van der Waals surface area (Å²) in [7, 11) is 0. The third-order valence-corrected chi connectivity index (χ3v) is 3.61. The van der Waals surface area contributed by atoms with Crippen LogP contribution in [0.15, 0.2) is 34.9 Å². The van der Waals surface area contributed by atoms with Gasteiger partial charge in [-0.25, -0.2) is 9.97 Å². The number of hydrogen-bond donors (Lipinski definition) is 2. The average molecular weight is 349 g/mol. The Hall–Kier alpha value is -1.95. The van der Waals surface area contributed by atoms with E-state index in [0.717, 1.165) is 15.7 Å². The number of aromatic nitrogens is 2. The van der Waals surface area contributed by atoms with E-state index in [4.69, 9.17) is 0 Å². The topological polar surface area (TPSA) is 66.9 Å². The molecule has 0 atom stereocenters. The summed E-state index contributed by atoms with van der Waals surface area (Å²) >= 11 is 3.43. The monoisotopic (exact) mass is 348 g/mol. The molecule has 1 heterocycles. The lowest BCUT2D eigenvalue weighted by Gasteiger charge is -2.10. The van der Waals surface area contributed by atoms with Crippen LogP contribution in [0.25, 0.3) is 0 Å². The molecule has 2 aromatic rings. The largest absolute Gasteiger partial charge is 0.352 e. The van der Waals surface area contributed by atoms with Crippen molar-refractivity contribution >= 4 is 33.5 Å². The minimum atomic E-state index is -0.258. The summed E-state index contributed by atoms with van der Waals surface area (Å²) < 4.78 is 1.01. The zero-order chi connectivity index (χ0) is 15.4. The van der Waals surface area contributed by atoms with Crippen molar-refractivity contribution in [1.82, 2.24) is 9.97 Å². The fraction of sp³-hybridized carbons (Fsp3) is 0.267. The molecule has 0 bridgehead atoms. The van der Waals surface area contributed by atoms with Crippen molar-refractivity contribution in [1.29, 1.82) is 0 Å². The van der Waals surface area contributed by atoms with Crippen molar-refractivity contribution in [2.45, 2.75) is 26.8 Å². The minimum Gasteiger partial charge on any atom is -0.352 e. The Morgan fingerprint density at radius 2 is 2.05 bits per heavy atom. The van der Waals surface area contributed by atoms with Gasteiger partial charge in [-0.05, 0) is 50.6 Å². The summed E-state index contributed by atoms with van der Waals surface area (Å²) in [5, 5.41) is 5.90. The van der Waals surface area contributed by atoms with Gasteiger partial charge in [-0.15, -0.1) is 0 Å². The fourth-order valence-electron chi connectivity index (χ4n) is 1.73. The summed E-state index contributed by atoms with van der Waals surface area (Å²) in [6, 6.07) is 7.43. The van der Waals surface area contributed by atoms with Crippen LogP contribution in [-0.4, -0.2) is 21.9 Å². The highest BCUT2D eigenvalue weighted by Gasteiger charge is 2.10. The molecule has 6 heteroatoms. The molecule has 0 saturated heterocycles. The maximum absolute atomic E-state index is 12.2. The molecule has 2 rings (SSSR count). The molecule has 0 radical (unpaired) electrons. The van der Waals surface area contributed by atoms with Gasteiger partial charge >= 0.3 is 0 Å². The quantitative estimate of drug-likeness (QED) is 0.885. The van der Waals surface area contributed by atoms with Gasteiger partial charge in [-0.3, -0.25) is 4.79 Å². The number of benzene rings is 1. The lowest BCUT2D eigenvalue weighted by atomic mass is 10.2. The molecule has 21 heavy (non-hydrogen) atoms. The maximum atomic E-state index is 12.2. The summed E-state index contributed by atoms with van der Waals surface area (Å²) in [6.07, 6.45) is 1.57. The van der Waals surface area contributed by atoms with E-state index in [0.29, 0.717) is 11.6 Å². The number of carbonyl (C=O) groups is 1. The van der Waals surface area contributed by atoms with Gasteiger partial charge in [0.25, 0.3) is 5.91 Å². The van der Waals surface area contributed by atoms with Crippen LogP contribution in [0.4, 0.5) is 11.6 Å². The number of nitrogens with one attached hydrogen (secondary N) is 2. The van der Waals surface area contributed by atoms with Gasteiger partial charge in [-0.1, -0.05) is 15.9 Å². The summed E-state index contributed by atoms with van der Waals surface area (Å²) in [6.45, 7) is 5.94. The zero-order valence-electron chi connectivity index (χ0n) is 12.1. The molecule has 5 nitrogen and oxygen atoms in total. The van der Waals surface area contributed by atoms with E-state index < -0.39 is 0 Å². The fourth-order valence-corrected chi connectivity index (χ4v) is 1.98. The van der Waals surface area contributed by atoms with Crippen LogP contribution in [0.3, 0.4) is 0 Å². The first-order valence-electron chi connectivity index (χ1n) is 6.63. The number of anilines is 2. The number of rotatable bonds is 4. The van der Waals surface area contributed by atoms with Crippen LogP contribution in [0.2, 0.25) is 0 Å². The molecule has 0 saturated carbocycles. The predicted molar refractivity (Wildman–Crippen MR) is 87.6 cm³/mol. The van der Waals surface area contributed by atoms with Gasteiger partial charge in [-0.2, -0.15) is 0 Å². The standard InChI is InChI=1S/C15H17BrN4O/c1-9(2)18-15-17-7-6-13(20-15)14(21)19-11-4-5-12(16)10(3)8-11/h4-9H,1-3H3,(H,19,21)(H,17,18,20). The second kappa shape index (κ2) is 6.67. The van der Waals surface area contributed by atoms with Crippen molar-refractivity contribution in [2.24, 2.45) is 0 Å². The molecule has 0 fully saturated rings. The Morgan fingerprint density at radius 3 is 2.71 bits per heavy atom. The molecule has 110 valence electrons. The minimum absolute atomic E-state index is 0.206. The average Bonchev–Trinajstić information content (AvgIpc) is 2.42. The first kappa shape index (κ1) is 15.4. The number of hydrogen-bond acceptors (Lipinski definition) is 4. The molecule has 1 aromatic heterocycles. The van der Waals surface area contributed by atoms with Gasteiger partial charge in [0.15, 0.2) is 0 Å². The third-order valence-electron chi connectivity index (χ3n) is 2.72. The number of halogens is 1. The van der Waals surface area contributed by atoms with Crippen molar-refractivity contribution in [2.75, 3.05) is 10.6 Å². The molecule has 1 aromatic carbocycles. The van der Waals surface area contributed by atoms with E-state index in [1.54, 1.807) is 12.3 Å². The van der Waals surface area contributed by atoms with Crippen LogP contribution in [-0.2, 0) is 0 Å². The molecular formula is C15H17BrN4O. The first-order chi connectivity index (χ1) is 9.95. The van der Waals surface area contributed by atoms with E-state index in [-0.39, 0.29) is 11.9 Å². The molecule has 2 N–H and O–H groups in total. The molecule has 0 aliphatic heterocycles. The highest BCUT2D eigenvalue weighted by molar-refractivity contribution is 9.10. The molecular weight excluding hydrogens is 332 g/mol. The van der Waals surface area contributed by atoms with Crippen molar-refractivity contribution in [3.63, 3.8) is 0 Å². The number of amides is 1. The molecule has 1 amide bonds. The van der Waals surface area contributed by atoms with Gasteiger partial charge in [0.1, 0.15) is 5.69 Å². The lowest BCUT2D eigenvalue weighted by molar-refractivity contribution is 0.102. The SMILES string of the molecule is Cc1cc(NC(=O)c2ccnc(NC(C)C)n2)ccc1Br. The Morgan fingerprint density at radius 1 is 1.29 bits per heavy atom. The third kappa shape index (κ3) is 4.26. The van der Waals surface area contributed by atoms with Gasteiger partial charge < -0.3 is 10.6 Å². The van der Waals surface area contributed by atoms with E-state index in [1.807, 2.05) is 39.0 Å². The van der Waals surface area contributed by atoms with Crippen LogP contribution >= 0.6 is 15.9 Å². The van der Waals surface area contributed by atoms with E-state index >= 15 is 0 Å². The predicted octanol–water partition coefficient (Wildman–Crippen LogP) is 3.62. The van der Waals surface area contributed by atoms with Crippen molar-refractivity contribution in [3.8, 4) is 0 Å². The van der Waals surface area contributed by atoms with E-state index in [2.05, 4.69) is 36.5 Å². The number of nitrogens with zero attached hydrogens (tertiary/aromatic N) is 2. The normalized spacial score (nSPS) is 10.5. The Kier molecular flexibility index (Phi) is 4.90. The second-order valence-corrected chi connectivity index (χ2v) is 5.84. The van der Waals surface area contributed by atoms with Crippen molar-refractivity contribution < 1.29 is 4.79 Å². The zero-order valence-corrected chi connectivity index (χ0v) is 13.7. The smallest absolute Gasteiger partial charge is 0.274 e. The van der Waals surface area contributed by atoms with Gasteiger partial charge in [0.2, 0.25) is 5.95 Å². The highest BCUT2D eigenvalue weighted by Crippen LogP contribution is 2.20. The Labute approximate surface area is 132 Å².